The lowest BCUT2D eigenvalue weighted by Crippen LogP contribution is -2.46. The van der Waals surface area contributed by atoms with E-state index in [0.29, 0.717) is 37.4 Å². The van der Waals surface area contributed by atoms with Gasteiger partial charge in [0, 0.05) is 25.6 Å². The van der Waals surface area contributed by atoms with Gasteiger partial charge in [-0.3, -0.25) is 9.59 Å². The quantitative estimate of drug-likeness (QED) is 0.859. The van der Waals surface area contributed by atoms with E-state index in [-0.39, 0.29) is 17.9 Å². The molecule has 1 aliphatic heterocycles. The van der Waals surface area contributed by atoms with Crippen LogP contribution in [0.5, 0.6) is 0 Å². The van der Waals surface area contributed by atoms with Gasteiger partial charge in [0.1, 0.15) is 11.5 Å². The molecular formula is C16H25N3O3. The highest BCUT2D eigenvalue weighted by molar-refractivity contribution is 5.95. The highest BCUT2D eigenvalue weighted by Crippen LogP contribution is 2.16. The topological polar surface area (TPSA) is 88.6 Å². The van der Waals surface area contributed by atoms with Gasteiger partial charge in [-0.1, -0.05) is 0 Å². The van der Waals surface area contributed by atoms with Crippen LogP contribution in [0.1, 0.15) is 47.6 Å². The maximum Gasteiger partial charge on any atom is 0.255 e. The van der Waals surface area contributed by atoms with Crippen molar-refractivity contribution in [3.8, 4) is 0 Å². The van der Waals surface area contributed by atoms with Crippen molar-refractivity contribution in [3.63, 3.8) is 0 Å². The largest absolute Gasteiger partial charge is 0.466 e. The van der Waals surface area contributed by atoms with Gasteiger partial charge < -0.3 is 20.4 Å². The highest BCUT2D eigenvalue weighted by atomic mass is 16.3. The number of carbonyl (C=O) groups is 2. The number of rotatable bonds is 5. The zero-order chi connectivity index (χ0) is 16.1. The van der Waals surface area contributed by atoms with Gasteiger partial charge in [0.15, 0.2) is 0 Å². The molecule has 0 aliphatic carbocycles. The molecule has 3 N–H and O–H groups in total. The molecule has 0 aromatic carbocycles. The molecule has 1 aromatic heterocycles. The molecular weight excluding hydrogens is 282 g/mol. The van der Waals surface area contributed by atoms with E-state index < -0.39 is 0 Å². The van der Waals surface area contributed by atoms with Crippen molar-refractivity contribution in [3.05, 3.63) is 23.2 Å². The Bertz CT molecular complexity index is 531. The fourth-order valence-corrected chi connectivity index (χ4v) is 2.80. The van der Waals surface area contributed by atoms with Crippen molar-refractivity contribution in [2.45, 2.75) is 45.6 Å². The van der Waals surface area contributed by atoms with E-state index in [1.54, 1.807) is 13.0 Å². The minimum Gasteiger partial charge on any atom is -0.466 e. The SMILES string of the molecule is Cc1cc(C(=O)NC2CCN(C(=O)CCCN)CC2)c(C)o1. The third kappa shape index (κ3) is 4.10. The molecule has 6 heteroatoms. The fraction of sp³-hybridized carbons (Fsp3) is 0.625. The number of likely N-dealkylation sites (tertiary alicyclic amines) is 1. The third-order valence-electron chi connectivity index (χ3n) is 4.06. The molecule has 2 amide bonds. The molecule has 0 unspecified atom stereocenters. The van der Waals surface area contributed by atoms with Gasteiger partial charge in [-0.05, 0) is 45.7 Å². The number of furan rings is 1. The van der Waals surface area contributed by atoms with Crippen LogP contribution in [0, 0.1) is 13.8 Å². The van der Waals surface area contributed by atoms with Crippen molar-refractivity contribution in [1.82, 2.24) is 10.2 Å². The Kier molecular flexibility index (Phi) is 5.60. The fourth-order valence-electron chi connectivity index (χ4n) is 2.80. The minimum atomic E-state index is -0.0951. The Morgan fingerprint density at radius 2 is 2.05 bits per heavy atom. The van der Waals surface area contributed by atoms with Gasteiger partial charge in [-0.2, -0.15) is 0 Å². The molecule has 1 fully saturated rings. The van der Waals surface area contributed by atoms with Crippen molar-refractivity contribution >= 4 is 11.8 Å². The molecule has 0 spiro atoms. The number of hydrogen-bond acceptors (Lipinski definition) is 4. The summed E-state index contributed by atoms with van der Waals surface area (Å²) in [6, 6.07) is 1.87. The molecule has 0 radical (unpaired) electrons. The van der Waals surface area contributed by atoms with Crippen LogP contribution in [0.3, 0.4) is 0 Å². The number of aryl methyl sites for hydroxylation is 2. The first-order valence-corrected chi connectivity index (χ1v) is 7.87. The van der Waals surface area contributed by atoms with E-state index in [1.165, 1.54) is 0 Å². The third-order valence-corrected chi connectivity index (χ3v) is 4.06. The lowest BCUT2D eigenvalue weighted by molar-refractivity contribution is -0.132. The summed E-state index contributed by atoms with van der Waals surface area (Å²) in [6.45, 7) is 5.55. The number of hydrogen-bond donors (Lipinski definition) is 2. The molecule has 1 aromatic rings. The van der Waals surface area contributed by atoms with Crippen LogP contribution in [0.2, 0.25) is 0 Å². The van der Waals surface area contributed by atoms with Gasteiger partial charge in [0.25, 0.3) is 5.91 Å². The standard InChI is InChI=1S/C16H25N3O3/c1-11-10-14(12(2)22-11)16(21)18-13-5-8-19(9-6-13)15(20)4-3-7-17/h10,13H,3-9,17H2,1-2H3,(H,18,21). The summed E-state index contributed by atoms with van der Waals surface area (Å²) in [5.41, 5.74) is 6.02. The number of carbonyl (C=O) groups excluding carboxylic acids is 2. The minimum absolute atomic E-state index is 0.0951. The number of nitrogens with one attached hydrogen (secondary N) is 1. The maximum atomic E-state index is 12.2. The summed E-state index contributed by atoms with van der Waals surface area (Å²) in [4.78, 5) is 26.0. The first-order chi connectivity index (χ1) is 10.5. The average Bonchev–Trinajstić information content (AvgIpc) is 2.84. The van der Waals surface area contributed by atoms with E-state index in [0.717, 1.165) is 25.0 Å². The number of nitrogens with zero attached hydrogens (tertiary/aromatic N) is 1. The Morgan fingerprint density at radius 1 is 1.36 bits per heavy atom. The van der Waals surface area contributed by atoms with Crippen LogP contribution >= 0.6 is 0 Å². The molecule has 0 atom stereocenters. The normalized spacial score (nSPS) is 15.9. The summed E-state index contributed by atoms with van der Waals surface area (Å²) in [5, 5.41) is 3.04. The van der Waals surface area contributed by atoms with Crippen molar-refractivity contribution in [2.75, 3.05) is 19.6 Å². The second kappa shape index (κ2) is 7.45. The van der Waals surface area contributed by atoms with Crippen LogP contribution in [0.25, 0.3) is 0 Å². The first-order valence-electron chi connectivity index (χ1n) is 7.87. The lowest BCUT2D eigenvalue weighted by atomic mass is 10.0. The molecule has 2 rings (SSSR count). The van der Waals surface area contributed by atoms with E-state index in [2.05, 4.69) is 5.32 Å². The summed E-state index contributed by atoms with van der Waals surface area (Å²) in [5.74, 6) is 1.45. The maximum absolute atomic E-state index is 12.2. The van der Waals surface area contributed by atoms with Crippen molar-refractivity contribution in [2.24, 2.45) is 5.73 Å². The number of nitrogens with two attached hydrogens (primary N) is 1. The molecule has 22 heavy (non-hydrogen) atoms. The van der Waals surface area contributed by atoms with Crippen LogP contribution < -0.4 is 11.1 Å². The van der Waals surface area contributed by atoms with Crippen LogP contribution in [0.15, 0.2) is 10.5 Å². The monoisotopic (exact) mass is 307 g/mol. The Labute approximate surface area is 131 Å². The first kappa shape index (κ1) is 16.5. The zero-order valence-corrected chi connectivity index (χ0v) is 13.4. The lowest BCUT2D eigenvalue weighted by Gasteiger charge is -2.32. The Balaban J connectivity index is 1.81. The van der Waals surface area contributed by atoms with E-state index in [4.69, 9.17) is 10.2 Å². The molecule has 0 saturated carbocycles. The Morgan fingerprint density at radius 3 is 2.59 bits per heavy atom. The summed E-state index contributed by atoms with van der Waals surface area (Å²) in [7, 11) is 0. The van der Waals surface area contributed by atoms with Gasteiger partial charge in [0.05, 0.1) is 5.56 Å². The molecule has 1 aliphatic rings. The van der Waals surface area contributed by atoms with E-state index >= 15 is 0 Å². The average molecular weight is 307 g/mol. The van der Waals surface area contributed by atoms with Crippen LogP contribution in [-0.4, -0.2) is 42.4 Å². The second-order valence-electron chi connectivity index (χ2n) is 5.85. The summed E-state index contributed by atoms with van der Waals surface area (Å²) in [6.07, 6.45) is 2.82. The van der Waals surface area contributed by atoms with E-state index in [9.17, 15) is 9.59 Å². The molecule has 2 heterocycles. The predicted molar refractivity (Wildman–Crippen MR) is 83.5 cm³/mol. The van der Waals surface area contributed by atoms with E-state index in [1.807, 2.05) is 11.8 Å². The predicted octanol–water partition coefficient (Wildman–Crippen LogP) is 1.36. The van der Waals surface area contributed by atoms with Crippen molar-refractivity contribution in [1.29, 1.82) is 0 Å². The Hall–Kier alpha value is -1.82. The highest BCUT2D eigenvalue weighted by Gasteiger charge is 2.24. The van der Waals surface area contributed by atoms with Gasteiger partial charge in [0.2, 0.25) is 5.91 Å². The summed E-state index contributed by atoms with van der Waals surface area (Å²) >= 11 is 0. The molecule has 1 saturated heterocycles. The van der Waals surface area contributed by atoms with Crippen molar-refractivity contribution < 1.29 is 14.0 Å². The molecule has 122 valence electrons. The summed E-state index contributed by atoms with van der Waals surface area (Å²) < 4.78 is 5.39. The number of piperidine rings is 1. The van der Waals surface area contributed by atoms with Gasteiger partial charge >= 0.3 is 0 Å². The van der Waals surface area contributed by atoms with Gasteiger partial charge in [-0.25, -0.2) is 0 Å². The van der Waals surface area contributed by atoms with Crippen LogP contribution in [0.4, 0.5) is 0 Å². The molecule has 0 bridgehead atoms. The van der Waals surface area contributed by atoms with Crippen LogP contribution in [-0.2, 0) is 4.79 Å². The number of amides is 2. The second-order valence-corrected chi connectivity index (χ2v) is 5.85. The molecule has 6 nitrogen and oxygen atoms in total. The zero-order valence-electron chi connectivity index (χ0n) is 13.4. The smallest absolute Gasteiger partial charge is 0.255 e. The van der Waals surface area contributed by atoms with Gasteiger partial charge in [-0.15, -0.1) is 0 Å².